The van der Waals surface area contributed by atoms with E-state index < -0.39 is 0 Å². The van der Waals surface area contributed by atoms with E-state index in [1.54, 1.807) is 0 Å². The quantitative estimate of drug-likeness (QED) is 0.636. The van der Waals surface area contributed by atoms with Gasteiger partial charge in [0.1, 0.15) is 0 Å². The number of halogens is 1. The molecule has 0 saturated carbocycles. The van der Waals surface area contributed by atoms with E-state index in [0.717, 1.165) is 23.6 Å². The van der Waals surface area contributed by atoms with Crippen LogP contribution >= 0.6 is 11.6 Å². The van der Waals surface area contributed by atoms with Gasteiger partial charge in [-0.15, -0.1) is 0 Å². The van der Waals surface area contributed by atoms with Crippen molar-refractivity contribution in [1.29, 1.82) is 0 Å². The Morgan fingerprint density at radius 3 is 2.58 bits per heavy atom. The van der Waals surface area contributed by atoms with Gasteiger partial charge in [0.25, 0.3) is 0 Å². The number of benzene rings is 1. The smallest absolute Gasteiger partial charge is 0.0406 e. The zero-order chi connectivity index (χ0) is 8.81. The van der Waals surface area contributed by atoms with Crippen LogP contribution in [0.5, 0.6) is 0 Å². The van der Waals surface area contributed by atoms with E-state index in [-0.39, 0.29) is 0 Å². The Bertz CT molecular complexity index is 251. The molecule has 0 aliphatic heterocycles. The lowest BCUT2D eigenvalue weighted by molar-refractivity contribution is 0.937. The van der Waals surface area contributed by atoms with Crippen LogP contribution in [-0.4, -0.2) is 12.8 Å². The lowest BCUT2D eigenvalue weighted by Gasteiger charge is -1.92. The Labute approximate surface area is 78.1 Å². The average molecular weight is 182 g/mol. The van der Waals surface area contributed by atoms with Crippen LogP contribution in [0.15, 0.2) is 29.3 Å². The van der Waals surface area contributed by atoms with Gasteiger partial charge in [-0.2, -0.15) is 0 Å². The van der Waals surface area contributed by atoms with Crippen LogP contribution < -0.4 is 0 Å². The van der Waals surface area contributed by atoms with Crippen LogP contribution in [0.1, 0.15) is 18.9 Å². The molecule has 12 heavy (non-hydrogen) atoms. The highest BCUT2D eigenvalue weighted by atomic mass is 35.5. The molecule has 0 spiro atoms. The summed E-state index contributed by atoms with van der Waals surface area (Å²) < 4.78 is 0. The number of nitrogens with zero attached hydrogens (tertiary/aromatic N) is 1. The van der Waals surface area contributed by atoms with E-state index in [1.807, 2.05) is 30.5 Å². The summed E-state index contributed by atoms with van der Waals surface area (Å²) in [7, 11) is 0. The summed E-state index contributed by atoms with van der Waals surface area (Å²) in [6, 6.07) is 7.66. The van der Waals surface area contributed by atoms with E-state index in [9.17, 15) is 0 Å². The van der Waals surface area contributed by atoms with E-state index in [1.165, 1.54) is 0 Å². The van der Waals surface area contributed by atoms with Crippen molar-refractivity contribution < 1.29 is 0 Å². The van der Waals surface area contributed by atoms with Gasteiger partial charge in [0.05, 0.1) is 0 Å². The number of rotatable bonds is 3. The Balaban J connectivity index is 2.58. The Morgan fingerprint density at radius 1 is 1.33 bits per heavy atom. The number of hydrogen-bond donors (Lipinski definition) is 0. The van der Waals surface area contributed by atoms with E-state index in [4.69, 9.17) is 11.6 Å². The second kappa shape index (κ2) is 4.94. The van der Waals surface area contributed by atoms with Gasteiger partial charge < -0.3 is 0 Å². The average Bonchev–Trinajstić information content (AvgIpc) is 2.09. The Kier molecular flexibility index (Phi) is 3.81. The fourth-order valence-corrected chi connectivity index (χ4v) is 0.974. The first-order valence-electron chi connectivity index (χ1n) is 4.08. The zero-order valence-electron chi connectivity index (χ0n) is 7.13. The van der Waals surface area contributed by atoms with Crippen LogP contribution in [0.2, 0.25) is 5.02 Å². The molecule has 2 heteroatoms. The highest BCUT2D eigenvalue weighted by molar-refractivity contribution is 6.30. The van der Waals surface area contributed by atoms with Gasteiger partial charge in [0, 0.05) is 17.8 Å². The minimum absolute atomic E-state index is 0.766. The molecule has 0 N–H and O–H groups in total. The largest absolute Gasteiger partial charge is 0.293 e. The monoisotopic (exact) mass is 181 g/mol. The minimum Gasteiger partial charge on any atom is -0.293 e. The third kappa shape index (κ3) is 3.05. The molecule has 1 rings (SSSR count). The molecule has 1 aromatic rings. The first kappa shape index (κ1) is 9.27. The Hall–Kier alpha value is -0.820. The van der Waals surface area contributed by atoms with Crippen molar-refractivity contribution in [2.45, 2.75) is 13.3 Å². The predicted molar refractivity (Wildman–Crippen MR) is 54.2 cm³/mol. The van der Waals surface area contributed by atoms with Crippen LogP contribution in [0.3, 0.4) is 0 Å². The van der Waals surface area contributed by atoms with Crippen LogP contribution in [-0.2, 0) is 0 Å². The summed E-state index contributed by atoms with van der Waals surface area (Å²) in [5, 5.41) is 0.766. The lowest BCUT2D eigenvalue weighted by Crippen LogP contribution is -1.82. The van der Waals surface area contributed by atoms with Gasteiger partial charge in [0.2, 0.25) is 0 Å². The first-order valence-corrected chi connectivity index (χ1v) is 4.46. The topological polar surface area (TPSA) is 12.4 Å². The predicted octanol–water partition coefficient (Wildman–Crippen LogP) is 3.17. The first-order chi connectivity index (χ1) is 5.83. The van der Waals surface area contributed by atoms with Gasteiger partial charge >= 0.3 is 0 Å². The SMILES string of the molecule is CCCN=Cc1ccc(Cl)cc1. The fraction of sp³-hybridized carbons (Fsp3) is 0.300. The molecular weight excluding hydrogens is 170 g/mol. The summed E-state index contributed by atoms with van der Waals surface area (Å²) >= 11 is 5.73. The molecule has 64 valence electrons. The molecule has 0 unspecified atom stereocenters. The molecule has 0 bridgehead atoms. The summed E-state index contributed by atoms with van der Waals surface area (Å²) in [6.45, 7) is 3.00. The van der Waals surface area contributed by atoms with E-state index >= 15 is 0 Å². The molecule has 0 aromatic heterocycles. The van der Waals surface area contributed by atoms with Crippen LogP contribution in [0.4, 0.5) is 0 Å². The summed E-state index contributed by atoms with van der Waals surface area (Å²) in [5.74, 6) is 0. The standard InChI is InChI=1S/C10H12ClN/c1-2-7-12-8-9-3-5-10(11)6-4-9/h3-6,8H,2,7H2,1H3. The highest BCUT2D eigenvalue weighted by Crippen LogP contribution is 2.07. The third-order valence-electron chi connectivity index (χ3n) is 1.46. The van der Waals surface area contributed by atoms with Gasteiger partial charge in [-0.3, -0.25) is 4.99 Å². The second-order valence-electron chi connectivity index (χ2n) is 2.59. The molecular formula is C10H12ClN. The molecule has 1 nitrogen and oxygen atoms in total. The number of aliphatic imine (C=N–C) groups is 1. The molecule has 1 aromatic carbocycles. The van der Waals surface area contributed by atoms with Gasteiger partial charge in [-0.1, -0.05) is 30.7 Å². The van der Waals surface area contributed by atoms with Crippen molar-refractivity contribution >= 4 is 17.8 Å². The lowest BCUT2D eigenvalue weighted by atomic mass is 10.2. The maximum Gasteiger partial charge on any atom is 0.0406 e. The van der Waals surface area contributed by atoms with Crippen molar-refractivity contribution in [2.75, 3.05) is 6.54 Å². The molecule has 0 saturated heterocycles. The zero-order valence-corrected chi connectivity index (χ0v) is 7.88. The maximum absolute atomic E-state index is 5.73. The molecule has 0 amide bonds. The van der Waals surface area contributed by atoms with E-state index in [2.05, 4.69) is 11.9 Å². The van der Waals surface area contributed by atoms with Crippen molar-refractivity contribution in [3.05, 3.63) is 34.9 Å². The van der Waals surface area contributed by atoms with Gasteiger partial charge in [0.15, 0.2) is 0 Å². The van der Waals surface area contributed by atoms with Crippen molar-refractivity contribution in [3.8, 4) is 0 Å². The van der Waals surface area contributed by atoms with Crippen LogP contribution in [0.25, 0.3) is 0 Å². The second-order valence-corrected chi connectivity index (χ2v) is 3.02. The van der Waals surface area contributed by atoms with Crippen molar-refractivity contribution in [2.24, 2.45) is 4.99 Å². The summed E-state index contributed by atoms with van der Waals surface area (Å²) in [4.78, 5) is 4.22. The van der Waals surface area contributed by atoms with E-state index in [0.29, 0.717) is 0 Å². The maximum atomic E-state index is 5.73. The van der Waals surface area contributed by atoms with Crippen LogP contribution in [0, 0.1) is 0 Å². The van der Waals surface area contributed by atoms with Gasteiger partial charge in [-0.25, -0.2) is 0 Å². The minimum atomic E-state index is 0.766. The molecule has 0 aliphatic rings. The Morgan fingerprint density at radius 2 is 2.00 bits per heavy atom. The third-order valence-corrected chi connectivity index (χ3v) is 1.72. The molecule has 0 atom stereocenters. The molecule has 0 fully saturated rings. The van der Waals surface area contributed by atoms with Crippen molar-refractivity contribution in [3.63, 3.8) is 0 Å². The summed E-state index contributed by atoms with van der Waals surface area (Å²) in [5.41, 5.74) is 1.10. The highest BCUT2D eigenvalue weighted by Gasteiger charge is 1.86. The summed E-state index contributed by atoms with van der Waals surface area (Å²) in [6.07, 6.45) is 2.96. The molecule has 0 aliphatic carbocycles. The molecule has 0 radical (unpaired) electrons. The normalized spacial score (nSPS) is 10.8. The fourth-order valence-electron chi connectivity index (χ4n) is 0.848. The molecule has 0 heterocycles. The number of hydrogen-bond acceptors (Lipinski definition) is 1. The van der Waals surface area contributed by atoms with Crippen molar-refractivity contribution in [1.82, 2.24) is 0 Å². The van der Waals surface area contributed by atoms with Gasteiger partial charge in [-0.05, 0) is 24.1 Å².